The van der Waals surface area contributed by atoms with Crippen LogP contribution in [-0.2, 0) is 13.5 Å². The van der Waals surface area contributed by atoms with E-state index in [-0.39, 0.29) is 0 Å². The Balaban J connectivity index is 1.79. The first-order chi connectivity index (χ1) is 8.20. The summed E-state index contributed by atoms with van der Waals surface area (Å²) in [7, 11) is 4.09. The maximum absolute atomic E-state index is 4.21. The van der Waals surface area contributed by atoms with E-state index >= 15 is 0 Å². The standard InChI is InChI=1S/C13H24N4/c1-11-10-17(9-6-13(11)14-2)8-5-12-4-7-15-16(12)3/h4,7,11,13-14H,5-6,8-10H2,1-3H3. The van der Waals surface area contributed by atoms with Crippen molar-refractivity contribution in [2.24, 2.45) is 13.0 Å². The lowest BCUT2D eigenvalue weighted by Crippen LogP contribution is -2.47. The maximum atomic E-state index is 4.21. The molecule has 1 saturated heterocycles. The number of hydrogen-bond acceptors (Lipinski definition) is 3. The lowest BCUT2D eigenvalue weighted by Gasteiger charge is -2.36. The van der Waals surface area contributed by atoms with E-state index in [1.807, 2.05) is 17.9 Å². The van der Waals surface area contributed by atoms with Gasteiger partial charge in [-0.05, 0) is 32.0 Å². The molecule has 0 radical (unpaired) electrons. The van der Waals surface area contributed by atoms with Crippen molar-refractivity contribution in [1.82, 2.24) is 20.0 Å². The zero-order chi connectivity index (χ0) is 12.3. The molecule has 1 aliphatic heterocycles. The third kappa shape index (κ3) is 3.07. The second-order valence-corrected chi connectivity index (χ2v) is 5.16. The number of rotatable bonds is 4. The summed E-state index contributed by atoms with van der Waals surface area (Å²) in [5, 5.41) is 7.62. The van der Waals surface area contributed by atoms with E-state index in [1.165, 1.54) is 25.2 Å². The number of aromatic nitrogens is 2. The minimum absolute atomic E-state index is 0.697. The molecule has 2 rings (SSSR count). The molecule has 2 unspecified atom stereocenters. The normalized spacial score (nSPS) is 26.3. The molecule has 96 valence electrons. The Morgan fingerprint density at radius 2 is 2.35 bits per heavy atom. The molecule has 0 aliphatic carbocycles. The highest BCUT2D eigenvalue weighted by Crippen LogP contribution is 2.16. The van der Waals surface area contributed by atoms with Gasteiger partial charge in [-0.2, -0.15) is 5.10 Å². The van der Waals surface area contributed by atoms with Crippen molar-refractivity contribution < 1.29 is 0 Å². The Morgan fingerprint density at radius 3 is 2.94 bits per heavy atom. The molecule has 4 heteroatoms. The largest absolute Gasteiger partial charge is 0.317 e. The van der Waals surface area contributed by atoms with Crippen molar-refractivity contribution in [2.75, 3.05) is 26.7 Å². The Morgan fingerprint density at radius 1 is 1.53 bits per heavy atom. The van der Waals surface area contributed by atoms with Crippen LogP contribution >= 0.6 is 0 Å². The minimum atomic E-state index is 0.697. The van der Waals surface area contributed by atoms with Gasteiger partial charge in [-0.1, -0.05) is 6.92 Å². The molecular weight excluding hydrogens is 212 g/mol. The summed E-state index contributed by atoms with van der Waals surface area (Å²) in [6.45, 7) is 5.93. The van der Waals surface area contributed by atoms with Gasteiger partial charge in [0.1, 0.15) is 0 Å². The van der Waals surface area contributed by atoms with Gasteiger partial charge < -0.3 is 10.2 Å². The third-order valence-corrected chi connectivity index (χ3v) is 3.97. The first-order valence-electron chi connectivity index (χ1n) is 6.57. The Bertz CT molecular complexity index is 347. The van der Waals surface area contributed by atoms with E-state index in [4.69, 9.17) is 0 Å². The molecule has 0 amide bonds. The number of likely N-dealkylation sites (tertiary alicyclic amines) is 1. The fourth-order valence-corrected chi connectivity index (χ4v) is 2.78. The minimum Gasteiger partial charge on any atom is -0.317 e. The lowest BCUT2D eigenvalue weighted by atomic mass is 9.94. The van der Waals surface area contributed by atoms with Gasteiger partial charge in [0.15, 0.2) is 0 Å². The van der Waals surface area contributed by atoms with Gasteiger partial charge in [-0.15, -0.1) is 0 Å². The summed E-state index contributed by atoms with van der Waals surface area (Å²) in [5.41, 5.74) is 1.33. The van der Waals surface area contributed by atoms with Gasteiger partial charge in [0.25, 0.3) is 0 Å². The van der Waals surface area contributed by atoms with Crippen molar-refractivity contribution in [3.63, 3.8) is 0 Å². The smallest absolute Gasteiger partial charge is 0.0492 e. The van der Waals surface area contributed by atoms with E-state index < -0.39 is 0 Å². The van der Waals surface area contributed by atoms with Crippen LogP contribution in [0.2, 0.25) is 0 Å². The molecule has 1 fully saturated rings. The highest BCUT2D eigenvalue weighted by molar-refractivity contribution is 5.00. The first kappa shape index (κ1) is 12.6. The third-order valence-electron chi connectivity index (χ3n) is 3.97. The molecule has 1 aliphatic rings. The molecule has 0 aromatic carbocycles. The zero-order valence-electron chi connectivity index (χ0n) is 11.2. The lowest BCUT2D eigenvalue weighted by molar-refractivity contribution is 0.152. The monoisotopic (exact) mass is 236 g/mol. The number of piperidine rings is 1. The summed E-state index contributed by atoms with van der Waals surface area (Å²) in [5.74, 6) is 0.750. The molecule has 0 spiro atoms. The van der Waals surface area contributed by atoms with Gasteiger partial charge in [0, 0.05) is 44.5 Å². The SMILES string of the molecule is CNC1CCN(CCc2ccnn2C)CC1C. The number of aryl methyl sites for hydroxylation is 1. The van der Waals surface area contributed by atoms with Gasteiger partial charge >= 0.3 is 0 Å². The predicted octanol–water partition coefficient (Wildman–Crippen LogP) is 0.892. The quantitative estimate of drug-likeness (QED) is 0.843. The molecule has 2 heterocycles. The fourth-order valence-electron chi connectivity index (χ4n) is 2.78. The number of nitrogens with one attached hydrogen (secondary N) is 1. The van der Waals surface area contributed by atoms with Gasteiger partial charge in [-0.25, -0.2) is 0 Å². The number of hydrogen-bond donors (Lipinski definition) is 1. The molecule has 1 aromatic rings. The van der Waals surface area contributed by atoms with E-state index in [1.54, 1.807) is 0 Å². The van der Waals surface area contributed by atoms with Crippen LogP contribution < -0.4 is 5.32 Å². The van der Waals surface area contributed by atoms with Crippen molar-refractivity contribution in [2.45, 2.75) is 25.8 Å². The average molecular weight is 236 g/mol. The number of nitrogens with zero attached hydrogens (tertiary/aromatic N) is 3. The van der Waals surface area contributed by atoms with Gasteiger partial charge in [-0.3, -0.25) is 4.68 Å². The second-order valence-electron chi connectivity index (χ2n) is 5.16. The Labute approximate surface area is 104 Å². The molecule has 0 bridgehead atoms. The van der Waals surface area contributed by atoms with Crippen LogP contribution in [0.3, 0.4) is 0 Å². The van der Waals surface area contributed by atoms with Crippen LogP contribution in [0.1, 0.15) is 19.0 Å². The topological polar surface area (TPSA) is 33.1 Å². The average Bonchev–Trinajstić information content (AvgIpc) is 2.72. The highest BCUT2D eigenvalue weighted by atomic mass is 15.3. The van der Waals surface area contributed by atoms with E-state index in [0.717, 1.165) is 18.9 Å². The van der Waals surface area contributed by atoms with Crippen LogP contribution in [0.15, 0.2) is 12.3 Å². The Hall–Kier alpha value is -0.870. The van der Waals surface area contributed by atoms with Crippen molar-refractivity contribution in [3.8, 4) is 0 Å². The molecule has 4 nitrogen and oxygen atoms in total. The highest BCUT2D eigenvalue weighted by Gasteiger charge is 2.24. The molecule has 1 N–H and O–H groups in total. The van der Waals surface area contributed by atoms with Crippen LogP contribution in [-0.4, -0.2) is 47.4 Å². The maximum Gasteiger partial charge on any atom is 0.0492 e. The summed E-state index contributed by atoms with van der Waals surface area (Å²) < 4.78 is 1.98. The van der Waals surface area contributed by atoms with Crippen molar-refractivity contribution in [3.05, 3.63) is 18.0 Å². The summed E-state index contributed by atoms with van der Waals surface area (Å²) in [6.07, 6.45) is 4.25. The second kappa shape index (κ2) is 5.65. The molecule has 0 saturated carbocycles. The molecular formula is C13H24N4. The molecule has 1 aromatic heterocycles. The van der Waals surface area contributed by atoms with E-state index in [2.05, 4.69) is 35.4 Å². The van der Waals surface area contributed by atoms with Crippen LogP contribution in [0.4, 0.5) is 0 Å². The van der Waals surface area contributed by atoms with E-state index in [9.17, 15) is 0 Å². The summed E-state index contributed by atoms with van der Waals surface area (Å²) >= 11 is 0. The summed E-state index contributed by atoms with van der Waals surface area (Å²) in [6, 6.07) is 2.81. The first-order valence-corrected chi connectivity index (χ1v) is 6.57. The van der Waals surface area contributed by atoms with Crippen molar-refractivity contribution >= 4 is 0 Å². The summed E-state index contributed by atoms with van der Waals surface area (Å²) in [4.78, 5) is 2.57. The van der Waals surface area contributed by atoms with Crippen LogP contribution in [0.25, 0.3) is 0 Å². The molecule has 17 heavy (non-hydrogen) atoms. The van der Waals surface area contributed by atoms with E-state index in [0.29, 0.717) is 6.04 Å². The fraction of sp³-hybridized carbons (Fsp3) is 0.769. The predicted molar refractivity (Wildman–Crippen MR) is 70.0 cm³/mol. The van der Waals surface area contributed by atoms with Crippen LogP contribution in [0.5, 0.6) is 0 Å². The van der Waals surface area contributed by atoms with Crippen LogP contribution in [0, 0.1) is 5.92 Å². The zero-order valence-corrected chi connectivity index (χ0v) is 11.2. The van der Waals surface area contributed by atoms with Gasteiger partial charge in [0.05, 0.1) is 0 Å². The van der Waals surface area contributed by atoms with Crippen molar-refractivity contribution in [1.29, 1.82) is 0 Å². The Kier molecular flexibility index (Phi) is 4.18. The molecule has 2 atom stereocenters. The van der Waals surface area contributed by atoms with Gasteiger partial charge in [0.2, 0.25) is 0 Å².